The zero-order valence-electron chi connectivity index (χ0n) is 39.9. The van der Waals surface area contributed by atoms with Crippen molar-refractivity contribution < 1.29 is 53.1 Å². The molecule has 2 fully saturated rings. The van der Waals surface area contributed by atoms with Gasteiger partial charge in [-0.1, -0.05) is 66.5 Å². The van der Waals surface area contributed by atoms with Crippen molar-refractivity contribution in [3.8, 4) is 29.1 Å². The molecule has 4 aromatic rings. The van der Waals surface area contributed by atoms with Crippen LogP contribution in [0.3, 0.4) is 0 Å². The number of allylic oxidation sites excluding steroid dienone is 1. The second kappa shape index (κ2) is 23.0. The summed E-state index contributed by atoms with van der Waals surface area (Å²) in [4.78, 5) is 37.1. The molecule has 71 heavy (non-hydrogen) atoms. The molecule has 1 saturated carbocycles. The van der Waals surface area contributed by atoms with Crippen LogP contribution in [0.25, 0.3) is 0 Å². The van der Waals surface area contributed by atoms with E-state index in [0.29, 0.717) is 72.1 Å². The van der Waals surface area contributed by atoms with Gasteiger partial charge in [0.1, 0.15) is 17.5 Å². The second-order valence-corrected chi connectivity index (χ2v) is 18.7. The fourth-order valence-electron chi connectivity index (χ4n) is 11.0. The molecular weight excluding hydrogens is 905 g/mol. The molecule has 1 saturated heterocycles. The fourth-order valence-corrected chi connectivity index (χ4v) is 11.0. The SMILES string of the molecule is C=CCOC12Oc3ccc(OC(=O)NCc4ccccc4)cc3C3C(CCCCO)C(CCCCO)C=C(C(=NOC4CCCCO4)CC1N(Cc1ccc4c(c1)OCO4)C(=O)c1ccc(C#N)cc1)C32. The van der Waals surface area contributed by atoms with E-state index in [-0.39, 0.29) is 69.8 Å². The number of amides is 2. The van der Waals surface area contributed by atoms with E-state index in [2.05, 4.69) is 24.0 Å². The van der Waals surface area contributed by atoms with Gasteiger partial charge in [-0.15, -0.1) is 6.58 Å². The Morgan fingerprint density at radius 2 is 1.70 bits per heavy atom. The van der Waals surface area contributed by atoms with Crippen LogP contribution in [0.5, 0.6) is 23.0 Å². The highest BCUT2D eigenvalue weighted by molar-refractivity contribution is 6.03. The van der Waals surface area contributed by atoms with Gasteiger partial charge in [-0.05, 0) is 122 Å². The van der Waals surface area contributed by atoms with Gasteiger partial charge >= 0.3 is 6.09 Å². The van der Waals surface area contributed by atoms with Crippen LogP contribution in [0.1, 0.15) is 103 Å². The van der Waals surface area contributed by atoms with Crippen LogP contribution in [0.15, 0.2) is 120 Å². The monoisotopic (exact) mass is 966 g/mol. The molecule has 7 unspecified atom stereocenters. The number of nitrogens with zero attached hydrogens (tertiary/aromatic N) is 3. The van der Waals surface area contributed by atoms with Crippen molar-refractivity contribution in [1.82, 2.24) is 10.2 Å². The van der Waals surface area contributed by atoms with E-state index in [9.17, 15) is 20.3 Å². The van der Waals surface area contributed by atoms with Crippen LogP contribution in [-0.2, 0) is 27.4 Å². The molecule has 15 nitrogen and oxygen atoms in total. The molecule has 9 rings (SSSR count). The highest BCUT2D eigenvalue weighted by Crippen LogP contribution is 2.62. The van der Waals surface area contributed by atoms with Gasteiger partial charge in [-0.2, -0.15) is 5.26 Å². The van der Waals surface area contributed by atoms with Gasteiger partial charge in [0.15, 0.2) is 11.5 Å². The Morgan fingerprint density at radius 1 is 0.915 bits per heavy atom. The molecule has 372 valence electrons. The maximum atomic E-state index is 15.6. The van der Waals surface area contributed by atoms with Crippen molar-refractivity contribution in [2.45, 2.75) is 101 Å². The summed E-state index contributed by atoms with van der Waals surface area (Å²) in [5, 5.41) is 37.7. The van der Waals surface area contributed by atoms with Gasteiger partial charge in [0.05, 0.1) is 36.5 Å². The maximum Gasteiger partial charge on any atom is 0.412 e. The van der Waals surface area contributed by atoms with E-state index >= 15 is 4.79 Å². The Morgan fingerprint density at radius 3 is 2.46 bits per heavy atom. The quantitative estimate of drug-likeness (QED) is 0.0433. The molecule has 0 aromatic heterocycles. The van der Waals surface area contributed by atoms with E-state index in [0.717, 1.165) is 54.4 Å². The third kappa shape index (κ3) is 11.0. The summed E-state index contributed by atoms with van der Waals surface area (Å²) < 4.78 is 38.2. The molecule has 2 amide bonds. The zero-order valence-corrected chi connectivity index (χ0v) is 39.9. The van der Waals surface area contributed by atoms with Crippen molar-refractivity contribution >= 4 is 17.7 Å². The molecular formula is C56H62N4O11. The lowest BCUT2D eigenvalue weighted by molar-refractivity contribution is -0.255. The summed E-state index contributed by atoms with van der Waals surface area (Å²) in [6.07, 6.45) is 9.59. The third-order valence-electron chi connectivity index (χ3n) is 14.2. The largest absolute Gasteiger partial charge is 0.459 e. The van der Waals surface area contributed by atoms with Crippen molar-refractivity contribution in [2.24, 2.45) is 22.9 Å². The molecule has 5 aliphatic rings. The van der Waals surface area contributed by atoms with Gasteiger partial charge in [-0.3, -0.25) is 4.79 Å². The van der Waals surface area contributed by atoms with Crippen LogP contribution in [0, 0.1) is 29.1 Å². The number of aliphatic hydroxyl groups excluding tert-OH is 2. The van der Waals surface area contributed by atoms with Crippen LogP contribution in [-0.4, -0.2) is 84.2 Å². The first-order valence-electron chi connectivity index (χ1n) is 24.9. The Bertz CT molecular complexity index is 2610. The summed E-state index contributed by atoms with van der Waals surface area (Å²) in [6, 6.07) is 28.4. The Hall–Kier alpha value is -6.70. The maximum absolute atomic E-state index is 15.6. The number of ether oxygens (including phenoxy) is 6. The number of rotatable bonds is 20. The molecule has 4 aromatic carbocycles. The highest BCUT2D eigenvalue weighted by Gasteiger charge is 2.65. The summed E-state index contributed by atoms with van der Waals surface area (Å²) in [6.45, 7) is 5.21. The van der Waals surface area contributed by atoms with Gasteiger partial charge < -0.3 is 53.7 Å². The number of nitriles is 1. The number of unbranched alkanes of at least 4 members (excludes halogenated alkanes) is 2. The lowest BCUT2D eigenvalue weighted by Gasteiger charge is -2.60. The number of carbonyl (C=O) groups excluding carboxylic acids is 2. The number of oxime groups is 1. The minimum absolute atomic E-state index is 0.0315. The third-order valence-corrected chi connectivity index (χ3v) is 14.2. The minimum Gasteiger partial charge on any atom is -0.459 e. The first-order valence-corrected chi connectivity index (χ1v) is 24.9. The number of carbonyl (C=O) groups is 2. The molecule has 0 radical (unpaired) electrons. The first kappa shape index (κ1) is 49.3. The van der Waals surface area contributed by atoms with Gasteiger partial charge in [0.25, 0.3) is 5.91 Å². The fraction of sp³-hybridized carbons (Fsp3) is 0.429. The number of hydrogen-bond donors (Lipinski definition) is 3. The van der Waals surface area contributed by atoms with E-state index < -0.39 is 30.1 Å². The summed E-state index contributed by atoms with van der Waals surface area (Å²) in [5.41, 5.74) is 4.71. The number of hydrogen-bond acceptors (Lipinski definition) is 13. The summed E-state index contributed by atoms with van der Waals surface area (Å²) in [7, 11) is 0. The van der Waals surface area contributed by atoms with E-state index in [1.54, 1.807) is 41.3 Å². The Labute approximate surface area is 414 Å². The molecule has 15 heteroatoms. The number of benzene rings is 4. The van der Waals surface area contributed by atoms with Crippen LogP contribution < -0.4 is 24.3 Å². The van der Waals surface area contributed by atoms with Crippen LogP contribution in [0.4, 0.5) is 4.79 Å². The summed E-state index contributed by atoms with van der Waals surface area (Å²) in [5.74, 6) is -1.07. The lowest BCUT2D eigenvalue weighted by atomic mass is 9.55. The van der Waals surface area contributed by atoms with Gasteiger partial charge in [0.2, 0.25) is 18.9 Å². The molecule has 0 spiro atoms. The molecule has 3 heterocycles. The lowest BCUT2D eigenvalue weighted by Crippen LogP contribution is -2.70. The minimum atomic E-state index is -1.59. The smallest absolute Gasteiger partial charge is 0.412 e. The van der Waals surface area contributed by atoms with Crippen molar-refractivity contribution in [3.63, 3.8) is 0 Å². The predicted octanol–water partition coefficient (Wildman–Crippen LogP) is 9.08. The van der Waals surface area contributed by atoms with Gasteiger partial charge in [0, 0.05) is 56.2 Å². The number of fused-ring (bicyclic) bond motifs is 3. The molecule has 2 aliphatic carbocycles. The Balaban J connectivity index is 1.22. The topological polar surface area (TPSA) is 191 Å². The van der Waals surface area contributed by atoms with Crippen molar-refractivity contribution in [1.29, 1.82) is 5.26 Å². The normalized spacial score (nSPS) is 24.3. The van der Waals surface area contributed by atoms with Crippen molar-refractivity contribution in [3.05, 3.63) is 143 Å². The number of nitrogens with one attached hydrogen (secondary N) is 1. The van der Waals surface area contributed by atoms with Crippen molar-refractivity contribution in [2.75, 3.05) is 33.2 Å². The van der Waals surface area contributed by atoms with E-state index in [4.69, 9.17) is 38.4 Å². The molecule has 3 aliphatic heterocycles. The zero-order chi connectivity index (χ0) is 49.2. The van der Waals surface area contributed by atoms with E-state index in [1.807, 2.05) is 60.7 Å². The average molecular weight is 967 g/mol. The molecule has 7 atom stereocenters. The van der Waals surface area contributed by atoms with Gasteiger partial charge in [-0.25, -0.2) is 4.79 Å². The first-order chi connectivity index (χ1) is 34.8. The Kier molecular flexibility index (Phi) is 16.0. The predicted molar refractivity (Wildman–Crippen MR) is 263 cm³/mol. The standard InChI is InChI=1S/C56H62N4O11/c1-2-27-68-56-50(60(54(63)40-20-17-37(33-57)18-21-40)35-39-19-23-48-49(29-39)67-36-66-48)32-46(59-71-51-16-8-11-28-65-51)44-30-41(14-6-9-25-61)43(15-7-10-26-62)52(53(44)56)45-31-42(22-24-47(45)70-56)69-55(64)58-34-38-12-4-3-5-13-38/h2-5,12-13,17-24,29-31,41,43,50-53,61-62H,1,6-11,14-16,25-28,32,34-36H2,(H,58,64). The average Bonchev–Trinajstić information content (AvgIpc) is 3.88. The van der Waals surface area contributed by atoms with Crippen LogP contribution in [0.2, 0.25) is 0 Å². The highest BCUT2D eigenvalue weighted by atomic mass is 16.8. The van der Waals surface area contributed by atoms with Crippen LogP contribution >= 0.6 is 0 Å². The summed E-state index contributed by atoms with van der Waals surface area (Å²) >= 11 is 0. The second-order valence-electron chi connectivity index (χ2n) is 18.7. The van der Waals surface area contributed by atoms with E-state index in [1.165, 1.54) is 0 Å². The molecule has 0 bridgehead atoms. The number of aliphatic hydroxyl groups is 2. The molecule has 3 N–H and O–H groups in total.